The van der Waals surface area contributed by atoms with E-state index in [2.05, 4.69) is 34.4 Å². The number of hydrogen-bond acceptors (Lipinski definition) is 7. The van der Waals surface area contributed by atoms with Gasteiger partial charge in [-0.3, -0.25) is 19.7 Å². The molecule has 0 bridgehead atoms. The van der Waals surface area contributed by atoms with Crippen LogP contribution in [0.3, 0.4) is 0 Å². The van der Waals surface area contributed by atoms with Crippen molar-refractivity contribution >= 4 is 40.4 Å². The van der Waals surface area contributed by atoms with Crippen LogP contribution in [0.25, 0.3) is 10.9 Å². The number of anilines is 1. The molecule has 1 fully saturated rings. The van der Waals surface area contributed by atoms with Gasteiger partial charge < -0.3 is 15.1 Å². The average molecular weight is 427 g/mol. The van der Waals surface area contributed by atoms with Gasteiger partial charge in [0.15, 0.2) is 0 Å². The van der Waals surface area contributed by atoms with Gasteiger partial charge in [-0.2, -0.15) is 0 Å². The molecule has 2 N–H and O–H groups in total. The average Bonchev–Trinajstić information content (AvgIpc) is 3.08. The van der Waals surface area contributed by atoms with E-state index in [1.807, 2.05) is 0 Å². The first-order valence-electron chi connectivity index (χ1n) is 10.2. The van der Waals surface area contributed by atoms with Crippen LogP contribution < -0.4 is 10.6 Å². The van der Waals surface area contributed by atoms with Crippen LogP contribution in [-0.2, 0) is 14.4 Å². The van der Waals surface area contributed by atoms with Crippen molar-refractivity contribution in [2.45, 2.75) is 26.7 Å². The molecule has 31 heavy (non-hydrogen) atoms. The summed E-state index contributed by atoms with van der Waals surface area (Å²) in [6.07, 6.45) is -0.891. The number of pyridine rings is 1. The van der Waals surface area contributed by atoms with Crippen molar-refractivity contribution in [1.29, 1.82) is 0 Å². The number of rotatable bonds is 8. The molecule has 0 aliphatic carbocycles. The van der Waals surface area contributed by atoms with Crippen LogP contribution in [0.15, 0.2) is 30.3 Å². The first-order chi connectivity index (χ1) is 14.9. The number of benzene rings is 1. The molecule has 164 valence electrons. The van der Waals surface area contributed by atoms with Crippen molar-refractivity contribution in [3.63, 3.8) is 0 Å². The molecule has 10 nitrogen and oxygen atoms in total. The van der Waals surface area contributed by atoms with Crippen LogP contribution in [0.5, 0.6) is 0 Å². The Balaban J connectivity index is 1.60. The van der Waals surface area contributed by atoms with Gasteiger partial charge in [-0.15, -0.1) is 5.06 Å². The van der Waals surface area contributed by atoms with E-state index in [9.17, 15) is 19.2 Å². The number of aromatic nitrogens is 1. The van der Waals surface area contributed by atoms with Crippen molar-refractivity contribution in [3.05, 3.63) is 36.0 Å². The molecular formula is C21H25N5O5. The monoisotopic (exact) mass is 427 g/mol. The third-order valence-corrected chi connectivity index (χ3v) is 4.96. The number of nitrogens with zero attached hydrogens (tertiary/aromatic N) is 3. The molecule has 1 aliphatic heterocycles. The molecule has 0 radical (unpaired) electrons. The van der Waals surface area contributed by atoms with Gasteiger partial charge >= 0.3 is 6.09 Å². The van der Waals surface area contributed by atoms with Crippen LogP contribution in [0.4, 0.5) is 10.5 Å². The largest absolute Gasteiger partial charge is 0.436 e. The first-order valence-corrected chi connectivity index (χ1v) is 10.2. The predicted octanol–water partition coefficient (Wildman–Crippen LogP) is 1.92. The van der Waals surface area contributed by atoms with Crippen LogP contribution in [0, 0.1) is 0 Å². The SMILES string of the molecule is CCN(CC)CCNC(=O)c1ccc2cc(NC(=O)ON3C(=O)CCC3=O)ccc2n1. The number of nitrogens with one attached hydrogen (secondary N) is 2. The molecule has 0 saturated carbocycles. The Kier molecular flexibility index (Phi) is 7.14. The van der Waals surface area contributed by atoms with Gasteiger partial charge in [-0.25, -0.2) is 9.78 Å². The van der Waals surface area contributed by atoms with Crippen molar-refractivity contribution in [1.82, 2.24) is 20.3 Å². The summed E-state index contributed by atoms with van der Waals surface area (Å²) >= 11 is 0. The van der Waals surface area contributed by atoms with Gasteiger partial charge in [0.05, 0.1) is 5.52 Å². The maximum atomic E-state index is 12.4. The molecule has 10 heteroatoms. The van der Waals surface area contributed by atoms with E-state index in [0.29, 0.717) is 33.9 Å². The highest BCUT2D eigenvalue weighted by atomic mass is 16.7. The molecule has 2 heterocycles. The molecule has 0 unspecified atom stereocenters. The van der Waals surface area contributed by atoms with E-state index >= 15 is 0 Å². The summed E-state index contributed by atoms with van der Waals surface area (Å²) in [6, 6.07) is 8.24. The van der Waals surface area contributed by atoms with Crippen LogP contribution in [-0.4, -0.2) is 64.9 Å². The second-order valence-electron chi connectivity index (χ2n) is 6.97. The van der Waals surface area contributed by atoms with Crippen molar-refractivity contribution < 1.29 is 24.0 Å². The number of likely N-dealkylation sites (N-methyl/N-ethyl adjacent to an activating group) is 1. The molecule has 2 aromatic rings. The summed E-state index contributed by atoms with van der Waals surface area (Å²) in [4.78, 5) is 58.7. The molecule has 0 spiro atoms. The Hall–Kier alpha value is -3.53. The van der Waals surface area contributed by atoms with Gasteiger partial charge in [-0.05, 0) is 37.4 Å². The molecule has 1 saturated heterocycles. The molecule has 3 rings (SSSR count). The second kappa shape index (κ2) is 9.98. The number of fused-ring (bicyclic) bond motifs is 1. The van der Waals surface area contributed by atoms with Gasteiger partial charge in [0, 0.05) is 37.0 Å². The topological polar surface area (TPSA) is 121 Å². The highest BCUT2D eigenvalue weighted by Crippen LogP contribution is 2.19. The smallest absolute Gasteiger partial charge is 0.349 e. The zero-order valence-electron chi connectivity index (χ0n) is 17.5. The lowest BCUT2D eigenvalue weighted by atomic mass is 10.1. The summed E-state index contributed by atoms with van der Waals surface area (Å²) < 4.78 is 0. The van der Waals surface area contributed by atoms with E-state index in [1.54, 1.807) is 30.3 Å². The summed E-state index contributed by atoms with van der Waals surface area (Å²) in [5.74, 6) is -1.35. The second-order valence-corrected chi connectivity index (χ2v) is 6.97. The zero-order valence-corrected chi connectivity index (χ0v) is 17.5. The van der Waals surface area contributed by atoms with Crippen LogP contribution in [0.2, 0.25) is 0 Å². The molecule has 1 aromatic heterocycles. The number of carbonyl (C=O) groups excluding carboxylic acids is 4. The molecule has 1 aliphatic rings. The van der Waals surface area contributed by atoms with Gasteiger partial charge in [0.1, 0.15) is 5.69 Å². The fraction of sp³-hybridized carbons (Fsp3) is 0.381. The maximum absolute atomic E-state index is 12.4. The first kappa shape index (κ1) is 22.2. The number of imide groups is 1. The summed E-state index contributed by atoms with van der Waals surface area (Å²) in [5, 5.41) is 6.51. The minimum Gasteiger partial charge on any atom is -0.349 e. The van der Waals surface area contributed by atoms with E-state index in [-0.39, 0.29) is 18.7 Å². The third kappa shape index (κ3) is 5.54. The Bertz CT molecular complexity index is 989. The predicted molar refractivity (Wildman–Crippen MR) is 113 cm³/mol. The Morgan fingerprint density at radius 1 is 1.10 bits per heavy atom. The lowest BCUT2D eigenvalue weighted by Crippen LogP contribution is -2.35. The Labute approximate surface area is 179 Å². The van der Waals surface area contributed by atoms with Gasteiger partial charge in [0.25, 0.3) is 17.7 Å². The van der Waals surface area contributed by atoms with E-state index < -0.39 is 17.9 Å². The normalized spacial score (nSPS) is 13.7. The third-order valence-electron chi connectivity index (χ3n) is 4.96. The standard InChI is InChI=1S/C21H25N5O5/c1-3-25(4-2)12-11-22-20(29)17-7-5-14-13-15(6-8-16(14)24-17)23-21(30)31-26-18(27)9-10-19(26)28/h5-8,13H,3-4,9-12H2,1-2H3,(H,22,29)(H,23,30). The highest BCUT2D eigenvalue weighted by Gasteiger charge is 2.32. The number of hydrogen-bond donors (Lipinski definition) is 2. The fourth-order valence-electron chi connectivity index (χ4n) is 3.17. The number of hydroxylamine groups is 2. The molecule has 0 atom stereocenters. The molecule has 4 amide bonds. The summed E-state index contributed by atoms with van der Waals surface area (Å²) in [7, 11) is 0. The minimum atomic E-state index is -0.944. The van der Waals surface area contributed by atoms with E-state index in [0.717, 1.165) is 19.6 Å². The van der Waals surface area contributed by atoms with Gasteiger partial charge in [0.2, 0.25) is 0 Å². The van der Waals surface area contributed by atoms with Crippen LogP contribution >= 0.6 is 0 Å². The Morgan fingerprint density at radius 2 is 1.81 bits per heavy atom. The number of amides is 4. The fourth-order valence-corrected chi connectivity index (χ4v) is 3.17. The Morgan fingerprint density at radius 3 is 2.48 bits per heavy atom. The van der Waals surface area contributed by atoms with E-state index in [4.69, 9.17) is 4.84 Å². The molecule has 1 aromatic carbocycles. The number of carbonyl (C=O) groups is 4. The van der Waals surface area contributed by atoms with Crippen molar-refractivity contribution in [3.8, 4) is 0 Å². The maximum Gasteiger partial charge on any atom is 0.436 e. The summed E-state index contributed by atoms with van der Waals surface area (Å²) in [6.45, 7) is 7.30. The quantitative estimate of drug-likeness (QED) is 0.617. The van der Waals surface area contributed by atoms with E-state index in [1.165, 1.54) is 0 Å². The van der Waals surface area contributed by atoms with Crippen molar-refractivity contribution in [2.24, 2.45) is 0 Å². The minimum absolute atomic E-state index is 0.0269. The zero-order chi connectivity index (χ0) is 22.4. The van der Waals surface area contributed by atoms with Crippen molar-refractivity contribution in [2.75, 3.05) is 31.5 Å². The highest BCUT2D eigenvalue weighted by molar-refractivity contribution is 6.02. The molecular weight excluding hydrogens is 402 g/mol. The lowest BCUT2D eigenvalue weighted by molar-refractivity contribution is -0.170. The lowest BCUT2D eigenvalue weighted by Gasteiger charge is -2.17. The van der Waals surface area contributed by atoms with Gasteiger partial charge in [-0.1, -0.05) is 19.9 Å². The van der Waals surface area contributed by atoms with Crippen LogP contribution in [0.1, 0.15) is 37.2 Å². The summed E-state index contributed by atoms with van der Waals surface area (Å²) in [5.41, 5.74) is 1.29.